The number of piperidine rings is 1. The molecule has 0 aromatic heterocycles. The third kappa shape index (κ3) is 6.12. The molecular weight excluding hydrogens is 338 g/mol. The maximum atomic E-state index is 12.1. The van der Waals surface area contributed by atoms with E-state index in [0.717, 1.165) is 31.6 Å². The molecule has 1 spiro atoms. The number of carbonyl (C=O) groups is 3. The smallest absolute Gasteiger partial charge is 0.290 e. The minimum absolute atomic E-state index is 0.00207. The van der Waals surface area contributed by atoms with E-state index in [2.05, 4.69) is 15.5 Å². The number of hydrogen-bond donors (Lipinski definition) is 3. The molecule has 0 saturated carbocycles. The van der Waals surface area contributed by atoms with Gasteiger partial charge in [0.2, 0.25) is 11.8 Å². The molecule has 0 bridgehead atoms. The van der Waals surface area contributed by atoms with Crippen molar-refractivity contribution in [3.8, 4) is 0 Å². The molecule has 2 aliphatic heterocycles. The molecule has 8 nitrogen and oxygen atoms in total. The van der Waals surface area contributed by atoms with E-state index in [9.17, 15) is 9.59 Å². The van der Waals surface area contributed by atoms with E-state index >= 15 is 0 Å². The Balaban J connectivity index is 0.000000758. The highest BCUT2D eigenvalue weighted by atomic mass is 16.5. The van der Waals surface area contributed by atoms with Crippen LogP contribution in [0.3, 0.4) is 0 Å². The summed E-state index contributed by atoms with van der Waals surface area (Å²) in [5.74, 6) is 0.0637. The van der Waals surface area contributed by atoms with E-state index in [1.165, 1.54) is 0 Å². The van der Waals surface area contributed by atoms with Crippen molar-refractivity contribution in [2.45, 2.75) is 24.9 Å². The number of nitrogens with one attached hydrogen (secondary N) is 2. The molecule has 2 fully saturated rings. The lowest BCUT2D eigenvalue weighted by Gasteiger charge is -2.40. The van der Waals surface area contributed by atoms with Crippen molar-refractivity contribution in [2.24, 2.45) is 0 Å². The first-order valence-electron chi connectivity index (χ1n) is 8.63. The lowest BCUT2D eigenvalue weighted by molar-refractivity contribution is -0.123. The van der Waals surface area contributed by atoms with Crippen molar-refractivity contribution in [3.63, 3.8) is 0 Å². The molecule has 2 amide bonds. The molecule has 0 unspecified atom stereocenters. The molecule has 1 aromatic carbocycles. The van der Waals surface area contributed by atoms with Crippen molar-refractivity contribution in [2.75, 3.05) is 38.1 Å². The van der Waals surface area contributed by atoms with Gasteiger partial charge in [0.1, 0.15) is 0 Å². The maximum absolute atomic E-state index is 12.1. The number of benzene rings is 1. The average Bonchev–Trinajstić information content (AvgIpc) is 2.81. The van der Waals surface area contributed by atoms with Crippen LogP contribution in [0.4, 0.5) is 5.69 Å². The summed E-state index contributed by atoms with van der Waals surface area (Å²) < 4.78 is 5.94. The van der Waals surface area contributed by atoms with Crippen LogP contribution in [-0.2, 0) is 19.1 Å². The van der Waals surface area contributed by atoms with E-state index in [4.69, 9.17) is 14.6 Å². The van der Waals surface area contributed by atoms with E-state index in [0.29, 0.717) is 26.1 Å². The first-order valence-corrected chi connectivity index (χ1v) is 8.63. The first-order chi connectivity index (χ1) is 12.6. The molecule has 0 atom stereocenters. The fourth-order valence-corrected chi connectivity index (χ4v) is 3.12. The highest BCUT2D eigenvalue weighted by Gasteiger charge is 2.37. The van der Waals surface area contributed by atoms with Gasteiger partial charge in [-0.05, 0) is 25.0 Å². The van der Waals surface area contributed by atoms with Crippen LogP contribution in [0.1, 0.15) is 19.3 Å². The molecule has 142 valence electrons. The molecular formula is C18H25N3O5. The Kier molecular flexibility index (Phi) is 7.55. The van der Waals surface area contributed by atoms with Gasteiger partial charge in [0.15, 0.2) is 0 Å². The van der Waals surface area contributed by atoms with Crippen LogP contribution >= 0.6 is 0 Å². The number of rotatable bonds is 3. The van der Waals surface area contributed by atoms with Crippen molar-refractivity contribution in [3.05, 3.63) is 30.3 Å². The van der Waals surface area contributed by atoms with Crippen molar-refractivity contribution >= 4 is 24.0 Å². The lowest BCUT2D eigenvalue weighted by atomic mass is 9.91. The zero-order chi connectivity index (χ0) is 18.8. The number of hydrogen-bond acceptors (Lipinski definition) is 5. The Hall–Kier alpha value is -2.45. The summed E-state index contributed by atoms with van der Waals surface area (Å²) in [6.45, 7) is 2.81. The number of ether oxygens (including phenoxy) is 1. The third-order valence-corrected chi connectivity index (χ3v) is 4.54. The van der Waals surface area contributed by atoms with Crippen LogP contribution < -0.4 is 10.6 Å². The van der Waals surface area contributed by atoms with Crippen molar-refractivity contribution in [1.82, 2.24) is 10.2 Å². The molecule has 8 heteroatoms. The van der Waals surface area contributed by atoms with Crippen LogP contribution in [0.15, 0.2) is 30.3 Å². The molecule has 3 N–H and O–H groups in total. The van der Waals surface area contributed by atoms with Crippen LogP contribution in [0, 0.1) is 0 Å². The molecule has 2 heterocycles. The fourth-order valence-electron chi connectivity index (χ4n) is 3.12. The van der Waals surface area contributed by atoms with Crippen LogP contribution in [0.25, 0.3) is 0 Å². The standard InChI is InChI=1S/C17H23N3O3.CH2O2/c21-15-6-11-23-17(13-18-15)7-9-20(10-8-17)12-16(22)19-14-4-2-1-3-5-14;2-1-3/h1-5H,6-13H2,(H,18,21)(H,19,22);1H,(H,2,3). The van der Waals surface area contributed by atoms with Crippen LogP contribution in [0.5, 0.6) is 0 Å². The third-order valence-electron chi connectivity index (χ3n) is 4.54. The van der Waals surface area contributed by atoms with Gasteiger partial charge in [0.25, 0.3) is 6.47 Å². The van der Waals surface area contributed by atoms with Gasteiger partial charge in [-0.15, -0.1) is 0 Å². The SMILES string of the molecule is O=C1CCOC2(CCN(CC(=O)Nc3ccccc3)CC2)CN1.O=CO. The molecule has 0 aliphatic carbocycles. The first kappa shape index (κ1) is 19.9. The molecule has 26 heavy (non-hydrogen) atoms. The Morgan fingerprint density at radius 2 is 1.96 bits per heavy atom. The summed E-state index contributed by atoms with van der Waals surface area (Å²) in [4.78, 5) is 34.0. The number of likely N-dealkylation sites (tertiary alicyclic amines) is 1. The molecule has 3 rings (SSSR count). The van der Waals surface area contributed by atoms with Gasteiger partial charge in [-0.1, -0.05) is 18.2 Å². The molecule has 2 aliphatic rings. The zero-order valence-electron chi connectivity index (χ0n) is 14.6. The van der Waals surface area contributed by atoms with E-state index in [1.807, 2.05) is 30.3 Å². The van der Waals surface area contributed by atoms with Gasteiger partial charge in [0, 0.05) is 31.7 Å². The normalized spacial score (nSPS) is 19.5. The van der Waals surface area contributed by atoms with Crippen LogP contribution in [-0.4, -0.2) is 66.7 Å². The number of carboxylic acid groups (broad SMARTS) is 1. The van der Waals surface area contributed by atoms with Gasteiger partial charge < -0.3 is 20.5 Å². The summed E-state index contributed by atoms with van der Waals surface area (Å²) in [6.07, 6.45) is 2.11. The lowest BCUT2D eigenvalue weighted by Crippen LogP contribution is -2.52. The van der Waals surface area contributed by atoms with Gasteiger partial charge >= 0.3 is 0 Å². The quantitative estimate of drug-likeness (QED) is 0.682. The largest absolute Gasteiger partial charge is 0.483 e. The van der Waals surface area contributed by atoms with Gasteiger partial charge in [-0.3, -0.25) is 19.3 Å². The second-order valence-electron chi connectivity index (χ2n) is 6.35. The van der Waals surface area contributed by atoms with Gasteiger partial charge in [-0.2, -0.15) is 0 Å². The van der Waals surface area contributed by atoms with Crippen molar-refractivity contribution in [1.29, 1.82) is 0 Å². The van der Waals surface area contributed by atoms with Crippen LogP contribution in [0.2, 0.25) is 0 Å². The Bertz CT molecular complexity index is 600. The maximum Gasteiger partial charge on any atom is 0.290 e. The summed E-state index contributed by atoms with van der Waals surface area (Å²) in [5, 5.41) is 12.7. The monoisotopic (exact) mass is 363 g/mol. The number of amides is 2. The Morgan fingerprint density at radius 3 is 2.62 bits per heavy atom. The minimum Gasteiger partial charge on any atom is -0.483 e. The predicted octanol–water partition coefficient (Wildman–Crippen LogP) is 0.697. The second-order valence-corrected chi connectivity index (χ2v) is 6.35. The minimum atomic E-state index is -0.251. The van der Waals surface area contributed by atoms with Gasteiger partial charge in [-0.25, -0.2) is 0 Å². The summed E-state index contributed by atoms with van der Waals surface area (Å²) in [6, 6.07) is 9.48. The number of anilines is 1. The molecule has 1 aromatic rings. The van der Waals surface area contributed by atoms with Gasteiger partial charge in [0.05, 0.1) is 18.8 Å². The zero-order valence-corrected chi connectivity index (χ0v) is 14.6. The summed E-state index contributed by atoms with van der Waals surface area (Å²) in [5.41, 5.74) is 0.569. The predicted molar refractivity (Wildman–Crippen MR) is 95.7 cm³/mol. The molecule has 0 radical (unpaired) electrons. The van der Waals surface area contributed by atoms with E-state index in [1.54, 1.807) is 0 Å². The van der Waals surface area contributed by atoms with E-state index < -0.39 is 0 Å². The number of nitrogens with zero attached hydrogens (tertiary/aromatic N) is 1. The van der Waals surface area contributed by atoms with E-state index in [-0.39, 0.29) is 23.9 Å². The summed E-state index contributed by atoms with van der Waals surface area (Å²) in [7, 11) is 0. The summed E-state index contributed by atoms with van der Waals surface area (Å²) >= 11 is 0. The Morgan fingerprint density at radius 1 is 1.31 bits per heavy atom. The average molecular weight is 363 g/mol. The highest BCUT2D eigenvalue weighted by Crippen LogP contribution is 2.27. The Labute approximate surface area is 152 Å². The van der Waals surface area contributed by atoms with Crippen molar-refractivity contribution < 1.29 is 24.2 Å². The number of para-hydroxylation sites is 1. The number of carbonyl (C=O) groups excluding carboxylic acids is 2. The molecule has 2 saturated heterocycles. The second kappa shape index (κ2) is 9.88. The fraction of sp³-hybridized carbons (Fsp3) is 0.500. The topological polar surface area (TPSA) is 108 Å². The highest BCUT2D eigenvalue weighted by molar-refractivity contribution is 5.92.